The molecule has 3 nitrogen and oxygen atoms in total. The number of fused-ring (bicyclic) bond motifs is 7. The number of rotatable bonds is 4. The SMILES string of the molecule is CC(C)(O)C(C)(C)OBc1ccc2oc3ccc4sc5ccccc5c4c3c2c1. The fraction of sp³-hybridized carbons (Fsp3) is 0.250. The third-order valence-corrected chi connectivity index (χ3v) is 7.25. The first kappa shape index (κ1) is 18.7. The van der Waals surface area contributed by atoms with Crippen LogP contribution >= 0.6 is 11.3 Å². The Morgan fingerprint density at radius 3 is 2.41 bits per heavy atom. The average Bonchev–Trinajstić information content (AvgIpc) is 3.22. The maximum atomic E-state index is 10.4. The standard InChI is InChI=1S/C24H23BO3S/c1-23(2,26)24(3,4)28-25-14-9-10-17-16(13-14)21-18(27-17)11-12-20-22(21)15-7-5-6-8-19(15)29-20/h5-13,25-26H,1-4H3. The van der Waals surface area contributed by atoms with Gasteiger partial charge < -0.3 is 14.2 Å². The summed E-state index contributed by atoms with van der Waals surface area (Å²) in [7, 11) is 0.431. The van der Waals surface area contributed by atoms with E-state index >= 15 is 0 Å². The lowest BCUT2D eigenvalue weighted by Crippen LogP contribution is -2.49. The Bertz CT molecular complexity index is 1370. The normalized spacial score (nSPS) is 13.1. The molecular formula is C24H23BO3S. The zero-order valence-electron chi connectivity index (χ0n) is 17.1. The maximum absolute atomic E-state index is 10.4. The minimum Gasteiger partial charge on any atom is -0.456 e. The summed E-state index contributed by atoms with van der Waals surface area (Å²) in [5, 5.41) is 15.2. The number of furan rings is 1. The second kappa shape index (κ2) is 6.33. The van der Waals surface area contributed by atoms with Crippen LogP contribution in [0.15, 0.2) is 59.0 Å². The van der Waals surface area contributed by atoms with Crippen LogP contribution < -0.4 is 5.46 Å². The largest absolute Gasteiger partial charge is 0.456 e. The zero-order valence-corrected chi connectivity index (χ0v) is 17.9. The fourth-order valence-electron chi connectivity index (χ4n) is 3.66. The molecule has 1 N–H and O–H groups in total. The molecule has 5 aromatic rings. The van der Waals surface area contributed by atoms with Gasteiger partial charge in [-0.05, 0) is 52.0 Å². The molecule has 146 valence electrons. The molecule has 0 aliphatic carbocycles. The molecule has 0 aliphatic heterocycles. The monoisotopic (exact) mass is 402 g/mol. The average molecular weight is 402 g/mol. The van der Waals surface area contributed by atoms with E-state index in [4.69, 9.17) is 9.07 Å². The molecule has 0 saturated carbocycles. The second-order valence-corrected chi connectivity index (χ2v) is 9.78. The van der Waals surface area contributed by atoms with E-state index in [1.807, 2.05) is 37.3 Å². The summed E-state index contributed by atoms with van der Waals surface area (Å²) in [6.07, 6.45) is 0. The van der Waals surface area contributed by atoms with Crippen LogP contribution in [-0.2, 0) is 4.65 Å². The zero-order chi connectivity index (χ0) is 20.4. The molecule has 2 heterocycles. The number of hydrogen-bond donors (Lipinski definition) is 1. The van der Waals surface area contributed by atoms with Gasteiger partial charge in [0, 0.05) is 30.9 Å². The van der Waals surface area contributed by atoms with Crippen LogP contribution in [-0.4, -0.2) is 23.8 Å². The first-order valence-corrected chi connectivity index (χ1v) is 10.7. The summed E-state index contributed by atoms with van der Waals surface area (Å²) in [6.45, 7) is 7.38. The van der Waals surface area contributed by atoms with Crippen LogP contribution in [0.5, 0.6) is 0 Å². The Morgan fingerprint density at radius 1 is 0.862 bits per heavy atom. The highest BCUT2D eigenvalue weighted by Gasteiger charge is 2.35. The summed E-state index contributed by atoms with van der Waals surface area (Å²) in [5.74, 6) is 0. The molecule has 5 heteroatoms. The maximum Gasteiger partial charge on any atom is 0.309 e. The van der Waals surface area contributed by atoms with Crippen LogP contribution in [0, 0.1) is 0 Å². The third-order valence-electron chi connectivity index (χ3n) is 6.11. The van der Waals surface area contributed by atoms with Gasteiger partial charge in [-0.1, -0.05) is 35.8 Å². The van der Waals surface area contributed by atoms with Gasteiger partial charge in [0.15, 0.2) is 0 Å². The van der Waals surface area contributed by atoms with Gasteiger partial charge in [-0.25, -0.2) is 0 Å². The molecule has 5 rings (SSSR count). The van der Waals surface area contributed by atoms with Gasteiger partial charge in [0.05, 0.1) is 11.2 Å². The highest BCUT2D eigenvalue weighted by molar-refractivity contribution is 7.26. The third kappa shape index (κ3) is 2.96. The molecule has 0 saturated heterocycles. The van der Waals surface area contributed by atoms with Gasteiger partial charge in [-0.15, -0.1) is 11.3 Å². The van der Waals surface area contributed by atoms with Gasteiger partial charge >= 0.3 is 7.48 Å². The Balaban J connectivity index is 1.67. The van der Waals surface area contributed by atoms with Crippen molar-refractivity contribution < 1.29 is 14.2 Å². The minimum absolute atomic E-state index is 0.431. The molecule has 0 amide bonds. The number of benzene rings is 3. The predicted molar refractivity (Wildman–Crippen MR) is 125 cm³/mol. The van der Waals surface area contributed by atoms with Crippen molar-refractivity contribution >= 4 is 66.4 Å². The lowest BCUT2D eigenvalue weighted by Gasteiger charge is -2.37. The molecule has 0 fully saturated rings. The molecule has 0 spiro atoms. The molecule has 0 bridgehead atoms. The van der Waals surface area contributed by atoms with Crippen molar-refractivity contribution in [2.24, 2.45) is 0 Å². The van der Waals surface area contributed by atoms with Crippen molar-refractivity contribution in [2.45, 2.75) is 38.9 Å². The fourth-order valence-corrected chi connectivity index (χ4v) is 4.77. The van der Waals surface area contributed by atoms with Gasteiger partial charge in [0.1, 0.15) is 11.2 Å². The van der Waals surface area contributed by atoms with E-state index in [2.05, 4.69) is 42.5 Å². The molecule has 0 aliphatic rings. The molecule has 2 aromatic heterocycles. The van der Waals surface area contributed by atoms with Crippen LogP contribution in [0.4, 0.5) is 0 Å². The van der Waals surface area contributed by atoms with E-state index in [0.29, 0.717) is 7.48 Å². The summed E-state index contributed by atoms with van der Waals surface area (Å²) in [4.78, 5) is 0. The smallest absolute Gasteiger partial charge is 0.309 e. The van der Waals surface area contributed by atoms with Crippen LogP contribution in [0.1, 0.15) is 27.7 Å². The number of hydrogen-bond acceptors (Lipinski definition) is 4. The Hall–Kier alpha value is -2.34. The number of aliphatic hydroxyl groups is 1. The van der Waals surface area contributed by atoms with Gasteiger partial charge in [0.25, 0.3) is 0 Å². The highest BCUT2D eigenvalue weighted by atomic mass is 32.1. The van der Waals surface area contributed by atoms with Crippen LogP contribution in [0.25, 0.3) is 42.1 Å². The van der Waals surface area contributed by atoms with E-state index in [1.165, 1.54) is 25.6 Å². The van der Waals surface area contributed by atoms with Crippen LogP contribution in [0.2, 0.25) is 0 Å². The summed E-state index contributed by atoms with van der Waals surface area (Å²) >= 11 is 1.81. The van der Waals surface area contributed by atoms with E-state index in [0.717, 1.165) is 22.0 Å². The quantitative estimate of drug-likeness (QED) is 0.404. The van der Waals surface area contributed by atoms with E-state index in [-0.39, 0.29) is 0 Å². The van der Waals surface area contributed by atoms with Crippen molar-refractivity contribution in [1.82, 2.24) is 0 Å². The Morgan fingerprint density at radius 2 is 1.62 bits per heavy atom. The first-order valence-electron chi connectivity index (χ1n) is 9.86. The summed E-state index contributed by atoms with van der Waals surface area (Å²) in [6, 6.07) is 19.0. The Labute approximate surface area is 174 Å². The Kier molecular flexibility index (Phi) is 4.08. The summed E-state index contributed by atoms with van der Waals surface area (Å²) in [5.41, 5.74) is 1.27. The highest BCUT2D eigenvalue weighted by Crippen LogP contribution is 2.41. The minimum atomic E-state index is -0.929. The lowest BCUT2D eigenvalue weighted by atomic mass is 9.82. The summed E-state index contributed by atoms with van der Waals surface area (Å²) < 4.78 is 14.8. The molecule has 0 unspecified atom stereocenters. The van der Waals surface area contributed by atoms with Crippen molar-refractivity contribution in [3.8, 4) is 0 Å². The van der Waals surface area contributed by atoms with Crippen molar-refractivity contribution in [1.29, 1.82) is 0 Å². The molecular weight excluding hydrogens is 379 g/mol. The van der Waals surface area contributed by atoms with Crippen molar-refractivity contribution in [3.63, 3.8) is 0 Å². The van der Waals surface area contributed by atoms with Crippen molar-refractivity contribution in [3.05, 3.63) is 54.6 Å². The van der Waals surface area contributed by atoms with Gasteiger partial charge in [0.2, 0.25) is 0 Å². The van der Waals surface area contributed by atoms with E-state index in [1.54, 1.807) is 13.8 Å². The molecule has 29 heavy (non-hydrogen) atoms. The molecule has 0 atom stereocenters. The number of thiophene rings is 1. The topological polar surface area (TPSA) is 42.6 Å². The first-order chi connectivity index (χ1) is 13.7. The van der Waals surface area contributed by atoms with Crippen LogP contribution in [0.3, 0.4) is 0 Å². The van der Waals surface area contributed by atoms with E-state index in [9.17, 15) is 5.11 Å². The second-order valence-electron chi connectivity index (χ2n) is 8.70. The van der Waals surface area contributed by atoms with Gasteiger partial charge in [-0.2, -0.15) is 0 Å². The molecule has 0 radical (unpaired) electrons. The van der Waals surface area contributed by atoms with Gasteiger partial charge in [-0.3, -0.25) is 0 Å². The lowest BCUT2D eigenvalue weighted by molar-refractivity contribution is -0.0893. The van der Waals surface area contributed by atoms with E-state index < -0.39 is 11.2 Å². The molecule has 3 aromatic carbocycles. The van der Waals surface area contributed by atoms with Crippen molar-refractivity contribution in [2.75, 3.05) is 0 Å². The predicted octanol–water partition coefficient (Wildman–Crippen LogP) is 5.50.